The van der Waals surface area contributed by atoms with Crippen LogP contribution in [-0.4, -0.2) is 36.3 Å². The maximum absolute atomic E-state index is 8.91. The monoisotopic (exact) mass is 299 g/mol. The van der Waals surface area contributed by atoms with Gasteiger partial charge in [-0.25, -0.2) is 0 Å². The van der Waals surface area contributed by atoms with E-state index in [0.717, 1.165) is 18.9 Å². The number of hydrogen-bond donors (Lipinski definition) is 3. The number of nitrogens with zero attached hydrogens (tertiary/aromatic N) is 1. The van der Waals surface area contributed by atoms with Crippen molar-refractivity contribution in [3.8, 4) is 0 Å². The molecule has 78 valence electrons. The average molecular weight is 299 g/mol. The van der Waals surface area contributed by atoms with Crippen molar-refractivity contribution < 1.29 is 5.11 Å². The van der Waals surface area contributed by atoms with Crippen molar-refractivity contribution in [3.05, 3.63) is 0 Å². The minimum Gasteiger partial charge on any atom is -0.394 e. The normalized spacial score (nSPS) is 22.7. The molecule has 1 aliphatic rings. The van der Waals surface area contributed by atoms with Crippen LogP contribution in [0.4, 0.5) is 0 Å². The molecule has 0 amide bonds. The maximum atomic E-state index is 8.91. The number of aliphatic imine (C=N–C) groups is 1. The molecule has 0 saturated heterocycles. The van der Waals surface area contributed by atoms with Gasteiger partial charge in [0.25, 0.3) is 0 Å². The van der Waals surface area contributed by atoms with Gasteiger partial charge in [-0.3, -0.25) is 4.99 Å². The molecule has 1 rings (SSSR count). The van der Waals surface area contributed by atoms with Crippen LogP contribution in [0.5, 0.6) is 0 Å². The van der Waals surface area contributed by atoms with E-state index in [1.165, 1.54) is 0 Å². The van der Waals surface area contributed by atoms with Gasteiger partial charge >= 0.3 is 0 Å². The Labute approximate surface area is 96.2 Å². The number of hydrogen-bond acceptors (Lipinski definition) is 4. The Hall–Kier alpha value is -0.0400. The van der Waals surface area contributed by atoms with Gasteiger partial charge in [0.05, 0.1) is 19.2 Å². The van der Waals surface area contributed by atoms with E-state index in [2.05, 4.69) is 22.5 Å². The molecule has 0 spiro atoms. The van der Waals surface area contributed by atoms with Crippen LogP contribution in [-0.2, 0) is 0 Å². The second-order valence-corrected chi connectivity index (χ2v) is 3.17. The fourth-order valence-corrected chi connectivity index (χ4v) is 1.11. The summed E-state index contributed by atoms with van der Waals surface area (Å²) in [4.78, 5) is 4.24. The summed E-state index contributed by atoms with van der Waals surface area (Å²) in [5.74, 6) is 0.823. The molecule has 0 radical (unpaired) electrons. The van der Waals surface area contributed by atoms with E-state index < -0.39 is 0 Å². The molecule has 0 bridgehead atoms. The summed E-state index contributed by atoms with van der Waals surface area (Å²) in [5, 5.41) is 15.2. The lowest BCUT2D eigenvalue weighted by Crippen LogP contribution is -2.44. The molecule has 1 unspecified atom stereocenters. The Balaban J connectivity index is 0.00000144. The predicted molar refractivity (Wildman–Crippen MR) is 64.6 cm³/mol. The van der Waals surface area contributed by atoms with Crippen molar-refractivity contribution in [2.45, 2.75) is 32.4 Å². The fraction of sp³-hybridized carbons (Fsp3) is 0.875. The topological polar surface area (TPSA) is 56.6 Å². The van der Waals surface area contributed by atoms with Gasteiger partial charge in [-0.1, -0.05) is 6.92 Å². The van der Waals surface area contributed by atoms with Gasteiger partial charge in [0, 0.05) is 6.04 Å². The molecule has 3 N–H and O–H groups in total. The molecule has 0 saturated carbocycles. The standard InChI is InChI=1S/C8H17N3O.HI/c1-3-7(5-12)11-8-9-4-6(2)10-8;/h6-7,12H,3-5H2,1-2H3,(H2,9,10,11);1H/t6?,7-;/m0./s1. The molecule has 1 aliphatic heterocycles. The molecule has 0 fully saturated rings. The Morgan fingerprint density at radius 2 is 2.46 bits per heavy atom. The third kappa shape index (κ3) is 4.12. The lowest BCUT2D eigenvalue weighted by molar-refractivity contribution is 0.252. The van der Waals surface area contributed by atoms with Crippen molar-refractivity contribution in [3.63, 3.8) is 0 Å². The molecule has 4 nitrogen and oxygen atoms in total. The quantitative estimate of drug-likeness (QED) is 0.658. The second-order valence-electron chi connectivity index (χ2n) is 3.17. The van der Waals surface area contributed by atoms with E-state index in [1.54, 1.807) is 0 Å². The minimum atomic E-state index is 0. The van der Waals surface area contributed by atoms with E-state index in [4.69, 9.17) is 5.11 Å². The summed E-state index contributed by atoms with van der Waals surface area (Å²) >= 11 is 0. The molecule has 0 aromatic carbocycles. The SMILES string of the molecule is CC[C@@H](CO)NC1=NCC(C)N1.I. The Kier molecular flexibility index (Phi) is 6.40. The minimum absolute atomic E-state index is 0. The zero-order chi connectivity index (χ0) is 8.97. The number of guanidine groups is 1. The van der Waals surface area contributed by atoms with Gasteiger partial charge in [-0.2, -0.15) is 0 Å². The first-order valence-electron chi connectivity index (χ1n) is 4.44. The van der Waals surface area contributed by atoms with Crippen LogP contribution in [0, 0.1) is 0 Å². The van der Waals surface area contributed by atoms with Crippen molar-refractivity contribution in [2.24, 2.45) is 4.99 Å². The van der Waals surface area contributed by atoms with Gasteiger partial charge in [-0.05, 0) is 13.3 Å². The highest BCUT2D eigenvalue weighted by Crippen LogP contribution is 1.95. The Morgan fingerprint density at radius 3 is 2.85 bits per heavy atom. The highest BCUT2D eigenvalue weighted by atomic mass is 127. The van der Waals surface area contributed by atoms with Crippen molar-refractivity contribution in [2.75, 3.05) is 13.2 Å². The lowest BCUT2D eigenvalue weighted by atomic mass is 10.2. The van der Waals surface area contributed by atoms with Crippen molar-refractivity contribution in [1.82, 2.24) is 10.6 Å². The van der Waals surface area contributed by atoms with E-state index >= 15 is 0 Å². The number of rotatable bonds is 3. The summed E-state index contributed by atoms with van der Waals surface area (Å²) in [6, 6.07) is 0.547. The maximum Gasteiger partial charge on any atom is 0.191 e. The zero-order valence-electron chi connectivity index (χ0n) is 8.08. The highest BCUT2D eigenvalue weighted by molar-refractivity contribution is 14.0. The van der Waals surface area contributed by atoms with Crippen molar-refractivity contribution >= 4 is 29.9 Å². The Morgan fingerprint density at radius 1 is 1.77 bits per heavy atom. The van der Waals surface area contributed by atoms with Crippen LogP contribution in [0.15, 0.2) is 4.99 Å². The first-order valence-corrected chi connectivity index (χ1v) is 4.44. The molecule has 0 aromatic heterocycles. The first-order chi connectivity index (χ1) is 5.76. The van der Waals surface area contributed by atoms with Gasteiger partial charge in [-0.15, -0.1) is 24.0 Å². The average Bonchev–Trinajstić information content (AvgIpc) is 2.47. The van der Waals surface area contributed by atoms with Crippen LogP contribution in [0.3, 0.4) is 0 Å². The van der Waals surface area contributed by atoms with Crippen molar-refractivity contribution in [1.29, 1.82) is 0 Å². The summed E-state index contributed by atoms with van der Waals surface area (Å²) in [7, 11) is 0. The van der Waals surface area contributed by atoms with E-state index in [-0.39, 0.29) is 36.6 Å². The summed E-state index contributed by atoms with van der Waals surface area (Å²) in [6.45, 7) is 5.10. The summed E-state index contributed by atoms with van der Waals surface area (Å²) in [5.41, 5.74) is 0. The van der Waals surface area contributed by atoms with Gasteiger partial charge in [0.1, 0.15) is 0 Å². The van der Waals surface area contributed by atoms with Gasteiger partial charge in [0.15, 0.2) is 5.96 Å². The van der Waals surface area contributed by atoms with Gasteiger partial charge < -0.3 is 15.7 Å². The van der Waals surface area contributed by atoms with E-state index in [1.807, 2.05) is 6.92 Å². The van der Waals surface area contributed by atoms with Crippen LogP contribution in [0.1, 0.15) is 20.3 Å². The summed E-state index contributed by atoms with van der Waals surface area (Å²) < 4.78 is 0. The highest BCUT2D eigenvalue weighted by Gasteiger charge is 2.14. The number of aliphatic hydroxyl groups is 1. The number of aliphatic hydroxyl groups excluding tert-OH is 1. The third-order valence-electron chi connectivity index (χ3n) is 1.96. The second kappa shape index (κ2) is 6.42. The molecule has 0 aromatic rings. The van der Waals surface area contributed by atoms with Crippen LogP contribution in [0.25, 0.3) is 0 Å². The summed E-state index contributed by atoms with van der Waals surface area (Å²) in [6.07, 6.45) is 0.908. The molecular formula is C8H18IN3O. The van der Waals surface area contributed by atoms with Gasteiger partial charge in [0.2, 0.25) is 0 Å². The molecule has 1 heterocycles. The largest absolute Gasteiger partial charge is 0.394 e. The number of nitrogens with one attached hydrogen (secondary N) is 2. The predicted octanol–water partition coefficient (Wildman–Crippen LogP) is 0.313. The molecule has 2 atom stereocenters. The molecule has 0 aliphatic carbocycles. The van der Waals surface area contributed by atoms with Crippen LogP contribution >= 0.6 is 24.0 Å². The third-order valence-corrected chi connectivity index (χ3v) is 1.96. The first kappa shape index (κ1) is 13.0. The molecule has 13 heavy (non-hydrogen) atoms. The smallest absolute Gasteiger partial charge is 0.191 e. The number of halogens is 1. The van der Waals surface area contributed by atoms with E-state index in [0.29, 0.717) is 6.04 Å². The fourth-order valence-electron chi connectivity index (χ4n) is 1.11. The van der Waals surface area contributed by atoms with Crippen LogP contribution < -0.4 is 10.6 Å². The lowest BCUT2D eigenvalue weighted by Gasteiger charge is -2.15. The van der Waals surface area contributed by atoms with E-state index in [9.17, 15) is 0 Å². The Bertz CT molecular complexity index is 171. The van der Waals surface area contributed by atoms with Crippen LogP contribution in [0.2, 0.25) is 0 Å². The zero-order valence-corrected chi connectivity index (χ0v) is 10.4. The molecular weight excluding hydrogens is 281 g/mol. The molecule has 5 heteroatoms.